The number of aromatic nitrogens is 3. The Balaban J connectivity index is 2.23. The van der Waals surface area contributed by atoms with Gasteiger partial charge in [-0.2, -0.15) is 0 Å². The Morgan fingerprint density at radius 2 is 2.15 bits per heavy atom. The maximum atomic E-state index is 10.7. The number of aliphatic carboxylic acids is 1. The Bertz CT molecular complexity index is 803. The number of carbonyl (C=O) groups is 1. The maximum absolute atomic E-state index is 10.7. The molecule has 0 saturated heterocycles. The summed E-state index contributed by atoms with van der Waals surface area (Å²) in [5.74, 6) is -0.972. The molecule has 0 aliphatic carbocycles. The minimum atomic E-state index is -0.972. The van der Waals surface area contributed by atoms with E-state index in [1.54, 1.807) is 18.5 Å². The van der Waals surface area contributed by atoms with Crippen LogP contribution in [-0.4, -0.2) is 25.4 Å². The van der Waals surface area contributed by atoms with Crippen LogP contribution in [-0.2, 0) is 4.79 Å². The van der Waals surface area contributed by atoms with Crippen molar-refractivity contribution in [3.05, 3.63) is 47.4 Å². The van der Waals surface area contributed by atoms with Crippen molar-refractivity contribution in [1.29, 1.82) is 0 Å². The van der Waals surface area contributed by atoms with Gasteiger partial charge in [-0.05, 0) is 25.1 Å². The number of fused-ring (bicyclic) bond motifs is 1. The van der Waals surface area contributed by atoms with E-state index in [4.69, 9.17) is 5.11 Å². The molecule has 0 spiro atoms. The van der Waals surface area contributed by atoms with Gasteiger partial charge >= 0.3 is 5.97 Å². The normalized spacial score (nSPS) is 11.4. The quantitative estimate of drug-likeness (QED) is 0.751. The molecule has 1 N–H and O–H groups in total. The lowest BCUT2D eigenvalue weighted by Crippen LogP contribution is -1.92. The summed E-state index contributed by atoms with van der Waals surface area (Å²) >= 11 is 1.53. The summed E-state index contributed by atoms with van der Waals surface area (Å²) in [7, 11) is 0. The minimum Gasteiger partial charge on any atom is -0.478 e. The van der Waals surface area contributed by atoms with Crippen LogP contribution in [0.3, 0.4) is 0 Å². The van der Waals surface area contributed by atoms with Crippen molar-refractivity contribution in [3.8, 4) is 11.3 Å². The second-order valence-electron chi connectivity index (χ2n) is 4.23. The van der Waals surface area contributed by atoms with Crippen LogP contribution in [0.25, 0.3) is 22.3 Å². The van der Waals surface area contributed by atoms with Gasteiger partial charge in [0, 0.05) is 29.4 Å². The largest absolute Gasteiger partial charge is 0.478 e. The van der Waals surface area contributed by atoms with E-state index in [1.807, 2.05) is 28.8 Å². The fourth-order valence-electron chi connectivity index (χ4n) is 2.05. The molecule has 3 aromatic rings. The summed E-state index contributed by atoms with van der Waals surface area (Å²) in [5.41, 5.74) is 3.60. The number of hydrogen-bond donors (Lipinski definition) is 1. The third-order valence-electron chi connectivity index (χ3n) is 2.94. The highest BCUT2D eigenvalue weighted by molar-refractivity contribution is 7.15. The molecule has 6 heteroatoms. The molecule has 0 atom stereocenters. The van der Waals surface area contributed by atoms with Crippen molar-refractivity contribution in [1.82, 2.24) is 14.4 Å². The molecule has 0 fully saturated rings. The van der Waals surface area contributed by atoms with E-state index in [9.17, 15) is 4.79 Å². The highest BCUT2D eigenvalue weighted by Gasteiger charge is 2.13. The van der Waals surface area contributed by atoms with Crippen LogP contribution >= 0.6 is 11.3 Å². The van der Waals surface area contributed by atoms with Gasteiger partial charge in [-0.3, -0.25) is 9.38 Å². The Morgan fingerprint density at radius 3 is 2.85 bits per heavy atom. The molecule has 0 bridgehead atoms. The lowest BCUT2D eigenvalue weighted by Gasteiger charge is -2.01. The highest BCUT2D eigenvalue weighted by atomic mass is 32.1. The molecule has 100 valence electrons. The van der Waals surface area contributed by atoms with E-state index in [2.05, 4.69) is 9.97 Å². The molecular formula is C14H11N3O2S. The zero-order valence-corrected chi connectivity index (χ0v) is 11.5. The van der Waals surface area contributed by atoms with Gasteiger partial charge in [0.25, 0.3) is 0 Å². The van der Waals surface area contributed by atoms with Gasteiger partial charge in [0.15, 0.2) is 4.96 Å². The van der Waals surface area contributed by atoms with Crippen molar-refractivity contribution in [2.45, 2.75) is 6.92 Å². The van der Waals surface area contributed by atoms with Crippen LogP contribution in [0.1, 0.15) is 11.4 Å². The van der Waals surface area contributed by atoms with Crippen LogP contribution < -0.4 is 0 Å². The third kappa shape index (κ3) is 2.10. The first-order chi connectivity index (χ1) is 9.66. The predicted molar refractivity (Wildman–Crippen MR) is 77.7 cm³/mol. The second-order valence-corrected chi connectivity index (χ2v) is 5.07. The van der Waals surface area contributed by atoms with E-state index >= 15 is 0 Å². The molecule has 0 aliphatic heterocycles. The minimum absolute atomic E-state index is 0.787. The molecule has 20 heavy (non-hydrogen) atoms. The number of nitrogens with zero attached hydrogens (tertiary/aromatic N) is 3. The van der Waals surface area contributed by atoms with Crippen molar-refractivity contribution in [3.63, 3.8) is 0 Å². The molecule has 3 aromatic heterocycles. The molecule has 0 saturated carbocycles. The zero-order chi connectivity index (χ0) is 14.1. The molecule has 5 nitrogen and oxygen atoms in total. The van der Waals surface area contributed by atoms with Crippen molar-refractivity contribution >= 4 is 28.3 Å². The van der Waals surface area contributed by atoms with Crippen LogP contribution in [0.15, 0.2) is 36.0 Å². The number of imidazole rings is 1. The fourth-order valence-corrected chi connectivity index (χ4v) is 3.00. The second kappa shape index (κ2) is 4.90. The molecule has 0 aromatic carbocycles. The molecule has 0 amide bonds. The number of rotatable bonds is 3. The monoisotopic (exact) mass is 285 g/mol. The Hall–Kier alpha value is -2.47. The lowest BCUT2D eigenvalue weighted by molar-refractivity contribution is -0.131. The summed E-state index contributed by atoms with van der Waals surface area (Å²) in [5, 5.41) is 10.8. The van der Waals surface area contributed by atoms with Gasteiger partial charge < -0.3 is 5.11 Å². The molecule has 0 aliphatic rings. The van der Waals surface area contributed by atoms with Crippen LogP contribution in [0, 0.1) is 6.92 Å². The lowest BCUT2D eigenvalue weighted by atomic mass is 10.2. The number of carboxylic acid groups (broad SMARTS) is 1. The first-order valence-electron chi connectivity index (χ1n) is 5.95. The molecule has 3 rings (SSSR count). The number of thiazole rings is 1. The average Bonchev–Trinajstić information content (AvgIpc) is 2.96. The first-order valence-corrected chi connectivity index (χ1v) is 6.83. The van der Waals surface area contributed by atoms with Gasteiger partial charge in [0.1, 0.15) is 0 Å². The first kappa shape index (κ1) is 12.6. The SMILES string of the molecule is Cc1nc2scc(-c3ccncc3)n2c1/C=C/C(=O)O. The molecule has 0 unspecified atom stereocenters. The molecular weight excluding hydrogens is 274 g/mol. The number of hydrogen-bond acceptors (Lipinski definition) is 4. The van der Waals surface area contributed by atoms with Crippen molar-refractivity contribution < 1.29 is 9.90 Å². The summed E-state index contributed by atoms with van der Waals surface area (Å²) < 4.78 is 1.97. The summed E-state index contributed by atoms with van der Waals surface area (Å²) in [6.45, 7) is 1.87. The average molecular weight is 285 g/mol. The summed E-state index contributed by atoms with van der Waals surface area (Å²) in [4.78, 5) is 20.0. The summed E-state index contributed by atoms with van der Waals surface area (Å²) in [6, 6.07) is 3.84. The molecule has 0 radical (unpaired) electrons. The van der Waals surface area contributed by atoms with Gasteiger partial charge in [0.2, 0.25) is 0 Å². The van der Waals surface area contributed by atoms with Gasteiger partial charge in [0.05, 0.1) is 17.1 Å². The van der Waals surface area contributed by atoms with Gasteiger partial charge in [-0.15, -0.1) is 11.3 Å². The van der Waals surface area contributed by atoms with E-state index in [0.29, 0.717) is 0 Å². The summed E-state index contributed by atoms with van der Waals surface area (Å²) in [6.07, 6.45) is 6.17. The Morgan fingerprint density at radius 1 is 1.40 bits per heavy atom. The third-order valence-corrected chi connectivity index (χ3v) is 3.77. The number of pyridine rings is 1. The topological polar surface area (TPSA) is 67.5 Å². The number of aryl methyl sites for hydroxylation is 1. The van der Waals surface area contributed by atoms with Gasteiger partial charge in [-0.1, -0.05) is 0 Å². The smallest absolute Gasteiger partial charge is 0.328 e. The zero-order valence-electron chi connectivity index (χ0n) is 10.6. The van der Waals surface area contributed by atoms with Crippen molar-refractivity contribution in [2.75, 3.05) is 0 Å². The predicted octanol–water partition coefficient (Wildman–Crippen LogP) is 2.86. The standard InChI is InChI=1S/C14H11N3O2S/c1-9-11(2-3-13(18)19)17-12(8-20-14(17)16-9)10-4-6-15-7-5-10/h2-8H,1H3,(H,18,19)/b3-2+. The van der Waals surface area contributed by atoms with E-state index in [0.717, 1.165) is 33.7 Å². The van der Waals surface area contributed by atoms with Crippen LogP contribution in [0.4, 0.5) is 0 Å². The van der Waals surface area contributed by atoms with Gasteiger partial charge in [-0.25, -0.2) is 9.78 Å². The van der Waals surface area contributed by atoms with Crippen LogP contribution in [0.5, 0.6) is 0 Å². The van der Waals surface area contributed by atoms with E-state index < -0.39 is 5.97 Å². The molecule has 3 heterocycles. The van der Waals surface area contributed by atoms with E-state index in [-0.39, 0.29) is 0 Å². The number of carboxylic acids is 1. The maximum Gasteiger partial charge on any atom is 0.328 e. The van der Waals surface area contributed by atoms with Crippen LogP contribution in [0.2, 0.25) is 0 Å². The highest BCUT2D eigenvalue weighted by Crippen LogP contribution is 2.28. The Labute approximate surface area is 118 Å². The Kier molecular flexibility index (Phi) is 3.08. The van der Waals surface area contributed by atoms with Crippen molar-refractivity contribution in [2.24, 2.45) is 0 Å². The van der Waals surface area contributed by atoms with E-state index in [1.165, 1.54) is 11.3 Å². The fraction of sp³-hybridized carbons (Fsp3) is 0.0714.